The summed E-state index contributed by atoms with van der Waals surface area (Å²) < 4.78 is 11.4. The number of hydrogen-bond donors (Lipinski definition) is 3. The number of carbonyl (C=O) groups is 3. The van der Waals surface area contributed by atoms with Gasteiger partial charge in [-0.3, -0.25) is 4.79 Å². The van der Waals surface area contributed by atoms with Crippen molar-refractivity contribution < 1.29 is 29.0 Å². The monoisotopic (exact) mass is 542 g/mol. The van der Waals surface area contributed by atoms with Crippen LogP contribution >= 0.6 is 0 Å². The molecule has 3 aromatic rings. The van der Waals surface area contributed by atoms with E-state index in [0.717, 1.165) is 40.7 Å². The normalized spacial score (nSPS) is 16.2. The van der Waals surface area contributed by atoms with Crippen molar-refractivity contribution in [1.29, 1.82) is 0 Å². The molecule has 0 radical (unpaired) electrons. The second-order valence-corrected chi connectivity index (χ2v) is 10.5. The quantitative estimate of drug-likeness (QED) is 0.301. The van der Waals surface area contributed by atoms with Crippen molar-refractivity contribution in [2.75, 3.05) is 6.61 Å². The molecule has 0 aliphatic heterocycles. The highest BCUT2D eigenvalue weighted by molar-refractivity contribution is 5.89. The van der Waals surface area contributed by atoms with Crippen LogP contribution in [-0.4, -0.2) is 47.9 Å². The molecule has 1 saturated carbocycles. The third-order valence-corrected chi connectivity index (χ3v) is 7.61. The summed E-state index contributed by atoms with van der Waals surface area (Å²) in [6.45, 7) is 1.95. The lowest BCUT2D eigenvalue weighted by atomic mass is 9.98. The Morgan fingerprint density at radius 3 is 2.08 bits per heavy atom. The van der Waals surface area contributed by atoms with E-state index < -0.39 is 36.2 Å². The Labute approximate surface area is 233 Å². The van der Waals surface area contributed by atoms with E-state index in [2.05, 4.69) is 22.8 Å². The van der Waals surface area contributed by atoms with Gasteiger partial charge in [0.25, 0.3) is 0 Å². The number of fused-ring (bicyclic) bond motifs is 3. The lowest BCUT2D eigenvalue weighted by Gasteiger charge is -2.25. The van der Waals surface area contributed by atoms with Crippen LogP contribution in [0, 0.1) is 5.92 Å². The number of ether oxygens (including phenoxy) is 2. The average Bonchev–Trinajstić information content (AvgIpc) is 3.73. The third kappa shape index (κ3) is 6.51. The Balaban J connectivity index is 1.20. The maximum atomic E-state index is 13.2. The SMILES string of the molecule is C[C@@H](OCc1ccccc1)[C@H](NC(=O)[C@H](CC1CC1)NC(=O)OCC1c2ccccc2-c2ccccc21)C(=O)O. The molecule has 0 saturated heterocycles. The van der Waals surface area contributed by atoms with E-state index in [4.69, 9.17) is 9.47 Å². The predicted octanol–water partition coefficient (Wildman–Crippen LogP) is 4.87. The smallest absolute Gasteiger partial charge is 0.407 e. The lowest BCUT2D eigenvalue weighted by molar-refractivity contribution is -0.146. The van der Waals surface area contributed by atoms with Crippen molar-refractivity contribution in [3.63, 3.8) is 0 Å². The number of rotatable bonds is 12. The van der Waals surface area contributed by atoms with Gasteiger partial charge in [0.05, 0.1) is 12.7 Å². The van der Waals surface area contributed by atoms with Gasteiger partial charge in [-0.1, -0.05) is 91.7 Å². The summed E-state index contributed by atoms with van der Waals surface area (Å²) in [5, 5.41) is 15.1. The van der Waals surface area contributed by atoms with Crippen molar-refractivity contribution in [1.82, 2.24) is 10.6 Å². The fourth-order valence-corrected chi connectivity index (χ4v) is 5.23. The van der Waals surface area contributed by atoms with Crippen LogP contribution in [0.4, 0.5) is 4.79 Å². The van der Waals surface area contributed by atoms with Crippen LogP contribution in [0.25, 0.3) is 11.1 Å². The Morgan fingerprint density at radius 1 is 0.875 bits per heavy atom. The fraction of sp³-hybridized carbons (Fsp3) is 0.344. The van der Waals surface area contributed by atoms with Crippen LogP contribution in [0.1, 0.15) is 48.8 Å². The first-order valence-corrected chi connectivity index (χ1v) is 13.7. The zero-order chi connectivity index (χ0) is 28.1. The van der Waals surface area contributed by atoms with Crippen molar-refractivity contribution in [3.05, 3.63) is 95.6 Å². The van der Waals surface area contributed by atoms with E-state index in [1.165, 1.54) is 0 Å². The third-order valence-electron chi connectivity index (χ3n) is 7.61. The van der Waals surface area contributed by atoms with Gasteiger partial charge in [-0.2, -0.15) is 0 Å². The molecular formula is C32H34N2O6. The van der Waals surface area contributed by atoms with Gasteiger partial charge in [0.15, 0.2) is 6.04 Å². The lowest BCUT2D eigenvalue weighted by Crippen LogP contribution is -2.55. The largest absolute Gasteiger partial charge is 0.480 e. The predicted molar refractivity (Wildman–Crippen MR) is 150 cm³/mol. The summed E-state index contributed by atoms with van der Waals surface area (Å²) in [5.41, 5.74) is 5.34. The molecule has 0 aromatic heterocycles. The van der Waals surface area contributed by atoms with E-state index >= 15 is 0 Å². The van der Waals surface area contributed by atoms with Crippen LogP contribution < -0.4 is 10.6 Å². The maximum absolute atomic E-state index is 13.2. The van der Waals surface area contributed by atoms with Crippen molar-refractivity contribution in [3.8, 4) is 11.1 Å². The fourth-order valence-electron chi connectivity index (χ4n) is 5.23. The van der Waals surface area contributed by atoms with Crippen LogP contribution in [0.15, 0.2) is 78.9 Å². The van der Waals surface area contributed by atoms with Gasteiger partial charge < -0.3 is 25.2 Å². The minimum atomic E-state index is -1.28. The zero-order valence-electron chi connectivity index (χ0n) is 22.4. The highest BCUT2D eigenvalue weighted by Crippen LogP contribution is 2.44. The van der Waals surface area contributed by atoms with Gasteiger partial charge >= 0.3 is 12.1 Å². The number of nitrogens with one attached hydrogen (secondary N) is 2. The number of carbonyl (C=O) groups excluding carboxylic acids is 2. The van der Waals surface area contributed by atoms with Crippen LogP contribution in [-0.2, 0) is 25.7 Å². The minimum absolute atomic E-state index is 0.104. The van der Waals surface area contributed by atoms with Crippen molar-refractivity contribution >= 4 is 18.0 Å². The second kappa shape index (κ2) is 12.3. The van der Waals surface area contributed by atoms with Crippen molar-refractivity contribution in [2.45, 2.75) is 56.9 Å². The first kappa shape index (κ1) is 27.4. The number of alkyl carbamates (subject to hydrolysis) is 1. The number of benzene rings is 3. The Kier molecular flexibility index (Phi) is 8.45. The minimum Gasteiger partial charge on any atom is -0.480 e. The summed E-state index contributed by atoms with van der Waals surface area (Å²) in [6.07, 6.45) is 0.854. The molecular weight excluding hydrogens is 508 g/mol. The first-order chi connectivity index (χ1) is 19.4. The molecule has 1 fully saturated rings. The molecule has 0 unspecified atom stereocenters. The highest BCUT2D eigenvalue weighted by atomic mass is 16.5. The summed E-state index contributed by atoms with van der Waals surface area (Å²) in [5.74, 6) is -1.57. The molecule has 0 spiro atoms. The molecule has 40 heavy (non-hydrogen) atoms. The van der Waals surface area contributed by atoms with Crippen LogP contribution in [0.5, 0.6) is 0 Å². The molecule has 8 nitrogen and oxygen atoms in total. The maximum Gasteiger partial charge on any atom is 0.407 e. The highest BCUT2D eigenvalue weighted by Gasteiger charge is 2.35. The molecule has 2 amide bonds. The first-order valence-electron chi connectivity index (χ1n) is 13.7. The number of hydrogen-bond acceptors (Lipinski definition) is 5. The number of carboxylic acids is 1. The molecule has 8 heteroatoms. The van der Waals surface area contributed by atoms with Gasteiger partial charge in [-0.25, -0.2) is 9.59 Å². The van der Waals surface area contributed by atoms with Gasteiger partial charge in [0, 0.05) is 5.92 Å². The molecule has 3 N–H and O–H groups in total. The molecule has 3 atom stereocenters. The Morgan fingerprint density at radius 2 is 1.48 bits per heavy atom. The molecule has 2 aliphatic carbocycles. The standard InChI is InChI=1S/C32H34N2O6/c1-20(39-18-22-9-3-2-4-10-22)29(31(36)37)34-30(35)28(17-21-15-16-21)33-32(38)40-19-27-25-13-7-5-11-23(25)24-12-6-8-14-26(24)27/h2-14,20-21,27-29H,15-19H2,1H3,(H,33,38)(H,34,35)(H,36,37)/t20-,28+,29+/m1/s1. The van der Waals surface area contributed by atoms with Crippen LogP contribution in [0.3, 0.4) is 0 Å². The van der Waals surface area contributed by atoms with E-state index in [9.17, 15) is 19.5 Å². The van der Waals surface area contributed by atoms with Crippen LogP contribution in [0.2, 0.25) is 0 Å². The molecule has 3 aromatic carbocycles. The second-order valence-electron chi connectivity index (χ2n) is 10.5. The van der Waals surface area contributed by atoms with Gasteiger partial charge in [-0.05, 0) is 47.1 Å². The summed E-state index contributed by atoms with van der Waals surface area (Å²) in [4.78, 5) is 38.1. The number of amides is 2. The van der Waals surface area contributed by atoms with Gasteiger partial charge in [0.2, 0.25) is 5.91 Å². The van der Waals surface area contributed by atoms with E-state index in [1.54, 1.807) is 6.92 Å². The Hall–Kier alpha value is -4.17. The van der Waals surface area contributed by atoms with Crippen molar-refractivity contribution in [2.24, 2.45) is 5.92 Å². The Bertz CT molecular complexity index is 1310. The summed E-state index contributed by atoms with van der Waals surface area (Å²) in [6, 6.07) is 23.3. The topological polar surface area (TPSA) is 114 Å². The molecule has 0 bridgehead atoms. The average molecular weight is 543 g/mol. The number of carboxylic acid groups (broad SMARTS) is 1. The number of aliphatic carboxylic acids is 1. The van der Waals surface area contributed by atoms with E-state index in [-0.39, 0.29) is 19.1 Å². The van der Waals surface area contributed by atoms with E-state index in [1.807, 2.05) is 66.7 Å². The summed E-state index contributed by atoms with van der Waals surface area (Å²) in [7, 11) is 0. The molecule has 5 rings (SSSR count). The van der Waals surface area contributed by atoms with Gasteiger partial charge in [0.1, 0.15) is 12.6 Å². The molecule has 0 heterocycles. The van der Waals surface area contributed by atoms with Gasteiger partial charge in [-0.15, -0.1) is 0 Å². The van der Waals surface area contributed by atoms with E-state index in [0.29, 0.717) is 12.3 Å². The molecule has 208 valence electrons. The zero-order valence-corrected chi connectivity index (χ0v) is 22.4. The summed E-state index contributed by atoms with van der Waals surface area (Å²) >= 11 is 0. The molecule has 2 aliphatic rings.